The topological polar surface area (TPSA) is 83.6 Å². The summed E-state index contributed by atoms with van der Waals surface area (Å²) in [5.41, 5.74) is 0.631. The van der Waals surface area contributed by atoms with Crippen LogP contribution in [0.4, 0.5) is 5.69 Å². The molecule has 120 valence electrons. The molecule has 0 radical (unpaired) electrons. The summed E-state index contributed by atoms with van der Waals surface area (Å²) in [6.45, 7) is 2.19. The largest absolute Gasteiger partial charge is 0.338 e. The van der Waals surface area contributed by atoms with E-state index in [4.69, 9.17) is 0 Å². The number of para-hydroxylation sites is 1. The number of sulfone groups is 1. The number of carbonyl (C=O) groups excluding carboxylic acids is 2. The second-order valence-electron chi connectivity index (χ2n) is 5.33. The van der Waals surface area contributed by atoms with Gasteiger partial charge < -0.3 is 10.2 Å². The van der Waals surface area contributed by atoms with Gasteiger partial charge in [0.1, 0.15) is 6.42 Å². The van der Waals surface area contributed by atoms with Gasteiger partial charge in [0, 0.05) is 18.3 Å². The highest BCUT2D eigenvalue weighted by atomic mass is 32.2. The van der Waals surface area contributed by atoms with Crippen molar-refractivity contribution >= 4 is 27.3 Å². The maximum Gasteiger partial charge on any atom is 0.233 e. The summed E-state index contributed by atoms with van der Waals surface area (Å²) < 4.78 is 23.1. The van der Waals surface area contributed by atoms with E-state index >= 15 is 0 Å². The van der Waals surface area contributed by atoms with Gasteiger partial charge in [-0.05, 0) is 25.5 Å². The molecular formula is C15H20N2O4S. The van der Waals surface area contributed by atoms with Gasteiger partial charge in [-0.15, -0.1) is 0 Å². The molecule has 0 aliphatic carbocycles. The molecule has 1 aromatic carbocycles. The first-order valence-electron chi connectivity index (χ1n) is 7.26. The Morgan fingerprint density at radius 3 is 2.50 bits per heavy atom. The average molecular weight is 324 g/mol. The highest BCUT2D eigenvalue weighted by Crippen LogP contribution is 2.18. The van der Waals surface area contributed by atoms with E-state index in [2.05, 4.69) is 5.32 Å². The summed E-state index contributed by atoms with van der Waals surface area (Å²) in [6, 6.07) is 8.58. The number of carbonyl (C=O) groups is 2. The molecule has 1 N–H and O–H groups in total. The van der Waals surface area contributed by atoms with E-state index in [0.29, 0.717) is 18.7 Å². The molecule has 0 aromatic heterocycles. The molecule has 1 heterocycles. The second kappa shape index (κ2) is 6.91. The van der Waals surface area contributed by atoms with Crippen molar-refractivity contribution in [3.63, 3.8) is 0 Å². The molecule has 1 aliphatic heterocycles. The highest BCUT2D eigenvalue weighted by Gasteiger charge is 2.34. The summed E-state index contributed by atoms with van der Waals surface area (Å²) in [6.07, 6.45) is 0.168. The number of hydrogen-bond donors (Lipinski definition) is 1. The number of nitrogens with one attached hydrogen (secondary N) is 1. The molecular weight excluding hydrogens is 304 g/mol. The van der Waals surface area contributed by atoms with E-state index in [1.165, 1.54) is 4.90 Å². The fraction of sp³-hybridized carbons (Fsp3) is 0.467. The first-order chi connectivity index (χ1) is 10.4. The van der Waals surface area contributed by atoms with Crippen LogP contribution in [0.5, 0.6) is 0 Å². The molecule has 22 heavy (non-hydrogen) atoms. The molecule has 0 bridgehead atoms. The van der Waals surface area contributed by atoms with Gasteiger partial charge in [-0.2, -0.15) is 0 Å². The smallest absolute Gasteiger partial charge is 0.233 e. The normalized spacial score (nSPS) is 19.6. The fourth-order valence-corrected chi connectivity index (χ4v) is 4.36. The zero-order valence-electron chi connectivity index (χ0n) is 12.5. The molecule has 1 saturated heterocycles. The summed E-state index contributed by atoms with van der Waals surface area (Å²) in [7, 11) is -3.06. The number of rotatable bonds is 5. The molecule has 1 aromatic rings. The molecule has 2 rings (SSSR count). The predicted molar refractivity (Wildman–Crippen MR) is 84.1 cm³/mol. The Hall–Kier alpha value is -1.89. The van der Waals surface area contributed by atoms with Crippen molar-refractivity contribution in [3.05, 3.63) is 30.3 Å². The SMILES string of the molecule is CCN(C(=O)CC(=O)Nc1ccccc1)C1CCS(=O)(=O)C1. The van der Waals surface area contributed by atoms with Crippen LogP contribution in [0.3, 0.4) is 0 Å². The predicted octanol–water partition coefficient (Wildman–Crippen LogP) is 1.05. The van der Waals surface area contributed by atoms with Crippen LogP contribution < -0.4 is 5.32 Å². The Kier molecular flexibility index (Phi) is 5.18. The molecule has 0 saturated carbocycles. The van der Waals surface area contributed by atoms with E-state index in [-0.39, 0.29) is 29.9 Å². The zero-order chi connectivity index (χ0) is 16.2. The molecule has 6 nitrogen and oxygen atoms in total. The van der Waals surface area contributed by atoms with Crippen LogP contribution in [-0.2, 0) is 19.4 Å². The first-order valence-corrected chi connectivity index (χ1v) is 9.08. The number of benzene rings is 1. The molecule has 1 aliphatic rings. The minimum atomic E-state index is -3.06. The molecule has 7 heteroatoms. The van der Waals surface area contributed by atoms with E-state index in [9.17, 15) is 18.0 Å². The second-order valence-corrected chi connectivity index (χ2v) is 7.56. The van der Waals surface area contributed by atoms with Gasteiger partial charge in [0.05, 0.1) is 11.5 Å². The van der Waals surface area contributed by atoms with Gasteiger partial charge in [-0.25, -0.2) is 8.42 Å². The Balaban J connectivity index is 1.93. The number of amides is 2. The maximum absolute atomic E-state index is 12.2. The fourth-order valence-electron chi connectivity index (χ4n) is 2.62. The van der Waals surface area contributed by atoms with Gasteiger partial charge >= 0.3 is 0 Å². The number of nitrogens with zero attached hydrogens (tertiary/aromatic N) is 1. The van der Waals surface area contributed by atoms with E-state index in [1.807, 2.05) is 6.07 Å². The molecule has 1 fully saturated rings. The van der Waals surface area contributed by atoms with Crippen LogP contribution in [0.25, 0.3) is 0 Å². The quantitative estimate of drug-likeness (QED) is 0.821. The summed E-state index contributed by atoms with van der Waals surface area (Å²) in [5, 5.41) is 2.65. The number of hydrogen-bond acceptors (Lipinski definition) is 4. The first kappa shape index (κ1) is 16.5. The van der Waals surface area contributed by atoms with Gasteiger partial charge in [0.2, 0.25) is 11.8 Å². The van der Waals surface area contributed by atoms with Gasteiger partial charge in [-0.1, -0.05) is 18.2 Å². The Bertz CT molecular complexity index is 643. The van der Waals surface area contributed by atoms with Crippen LogP contribution in [0, 0.1) is 0 Å². The molecule has 0 spiro atoms. The van der Waals surface area contributed by atoms with Crippen molar-refractivity contribution in [2.45, 2.75) is 25.8 Å². The number of anilines is 1. The Morgan fingerprint density at radius 1 is 1.27 bits per heavy atom. The lowest BCUT2D eigenvalue weighted by atomic mass is 10.2. The van der Waals surface area contributed by atoms with Crippen LogP contribution >= 0.6 is 0 Å². The summed E-state index contributed by atoms with van der Waals surface area (Å²) >= 11 is 0. The third-order valence-corrected chi connectivity index (χ3v) is 5.43. The standard InChI is InChI=1S/C15H20N2O4S/c1-2-17(13-8-9-22(20,21)11-13)15(19)10-14(18)16-12-6-4-3-5-7-12/h3-7,13H,2,8-11H2,1H3,(H,16,18). The van der Waals surface area contributed by atoms with Crippen LogP contribution in [0.2, 0.25) is 0 Å². The van der Waals surface area contributed by atoms with Crippen LogP contribution in [0.15, 0.2) is 30.3 Å². The van der Waals surface area contributed by atoms with E-state index in [0.717, 1.165) is 0 Å². The lowest BCUT2D eigenvalue weighted by molar-refractivity contribution is -0.135. The molecule has 1 atom stereocenters. The third kappa shape index (κ3) is 4.30. The van der Waals surface area contributed by atoms with Crippen molar-refractivity contribution in [1.82, 2.24) is 4.90 Å². The van der Waals surface area contributed by atoms with Crippen molar-refractivity contribution < 1.29 is 18.0 Å². The van der Waals surface area contributed by atoms with E-state index in [1.54, 1.807) is 31.2 Å². The zero-order valence-corrected chi connectivity index (χ0v) is 13.3. The molecule has 2 amide bonds. The lowest BCUT2D eigenvalue weighted by Crippen LogP contribution is -2.42. The van der Waals surface area contributed by atoms with Gasteiger partial charge in [0.15, 0.2) is 9.84 Å². The lowest BCUT2D eigenvalue weighted by Gasteiger charge is -2.26. The van der Waals surface area contributed by atoms with Crippen molar-refractivity contribution in [1.29, 1.82) is 0 Å². The van der Waals surface area contributed by atoms with Gasteiger partial charge in [-0.3, -0.25) is 9.59 Å². The van der Waals surface area contributed by atoms with Crippen molar-refractivity contribution in [2.24, 2.45) is 0 Å². The summed E-state index contributed by atoms with van der Waals surface area (Å²) in [5.74, 6) is -0.626. The van der Waals surface area contributed by atoms with Crippen molar-refractivity contribution in [3.8, 4) is 0 Å². The highest BCUT2D eigenvalue weighted by molar-refractivity contribution is 7.91. The minimum Gasteiger partial charge on any atom is -0.338 e. The van der Waals surface area contributed by atoms with Crippen molar-refractivity contribution in [2.75, 3.05) is 23.4 Å². The van der Waals surface area contributed by atoms with E-state index < -0.39 is 15.7 Å². The van der Waals surface area contributed by atoms with Crippen LogP contribution in [0.1, 0.15) is 19.8 Å². The summed E-state index contributed by atoms with van der Waals surface area (Å²) in [4.78, 5) is 25.6. The average Bonchev–Trinajstić information content (AvgIpc) is 2.80. The minimum absolute atomic E-state index is 0.00706. The van der Waals surface area contributed by atoms with Crippen LogP contribution in [-0.4, -0.2) is 49.2 Å². The molecule has 1 unspecified atom stereocenters. The maximum atomic E-state index is 12.2. The Morgan fingerprint density at radius 2 is 1.95 bits per heavy atom. The monoisotopic (exact) mass is 324 g/mol. The third-order valence-electron chi connectivity index (χ3n) is 3.68. The van der Waals surface area contributed by atoms with Gasteiger partial charge in [0.25, 0.3) is 0 Å². The Labute approximate surface area is 130 Å².